The molecule has 0 saturated carbocycles. The monoisotopic (exact) mass is 762 g/mol. The number of methoxy groups -OCH3 is 1. The SMILES string of the molecule is COc1cc(N=Nc2c(SOOO)cc3cc(Nc4ccccc4)ccc3c2O)c(O)cc1N=Nc1ccc2cccc(S(=O)(=O)O)c2c1.[Cu]. The van der Waals surface area contributed by atoms with Gasteiger partial charge in [-0.2, -0.15) is 13.5 Å². The minimum atomic E-state index is -4.48. The van der Waals surface area contributed by atoms with Gasteiger partial charge in [-0.3, -0.25) is 4.55 Å². The van der Waals surface area contributed by atoms with Gasteiger partial charge in [-0.05, 0) is 65.4 Å². The maximum Gasteiger partial charge on any atom is 0.295 e. The van der Waals surface area contributed by atoms with Crippen LogP contribution in [0.15, 0.2) is 133 Å². The molecule has 0 bridgehead atoms. The van der Waals surface area contributed by atoms with Crippen LogP contribution in [-0.2, 0) is 36.6 Å². The van der Waals surface area contributed by atoms with Gasteiger partial charge in [0.1, 0.15) is 33.5 Å². The number of ether oxygens (including phenoxy) is 1. The summed E-state index contributed by atoms with van der Waals surface area (Å²) in [5, 5.41) is 56.3. The summed E-state index contributed by atoms with van der Waals surface area (Å²) in [6.07, 6.45) is 0. The van der Waals surface area contributed by atoms with E-state index in [0.29, 0.717) is 28.2 Å². The third-order valence-electron chi connectivity index (χ3n) is 7.18. The summed E-state index contributed by atoms with van der Waals surface area (Å²) in [7, 11) is -3.11. The molecule has 0 amide bonds. The number of fused-ring (bicyclic) bond motifs is 2. The standard InChI is InChI=1S/C33H25N5O9S2.Cu/c1-45-29-18-26(28(39)17-27(29)37-35-23-11-10-19-6-5-9-31(25(19)16-23)49(42,43)44)36-38-32-30(48-47-46-41)15-20-14-22(12-13-24(20)33(32)40)34-21-7-3-2-4-8-21;/h2-18,34,39-41H,1H3,(H,42,43,44);. The Labute approximate surface area is 299 Å². The number of phenolic OH excluding ortho intramolecular Hbond substituents is 2. The van der Waals surface area contributed by atoms with Crippen molar-refractivity contribution in [2.45, 2.75) is 9.79 Å². The van der Waals surface area contributed by atoms with Gasteiger partial charge in [0.25, 0.3) is 10.1 Å². The van der Waals surface area contributed by atoms with Crippen molar-refractivity contribution < 1.29 is 59.6 Å². The van der Waals surface area contributed by atoms with E-state index in [1.807, 2.05) is 36.4 Å². The Morgan fingerprint density at radius 1 is 0.740 bits per heavy atom. The molecular weight excluding hydrogens is 738 g/mol. The Hall–Kier alpha value is -5.10. The van der Waals surface area contributed by atoms with E-state index in [9.17, 15) is 23.2 Å². The zero-order chi connectivity index (χ0) is 34.5. The van der Waals surface area contributed by atoms with Crippen LogP contribution in [0, 0.1) is 0 Å². The second-order valence-corrected chi connectivity index (χ2v) is 12.4. The first kappa shape index (κ1) is 36.2. The molecule has 50 heavy (non-hydrogen) atoms. The van der Waals surface area contributed by atoms with E-state index in [2.05, 4.69) is 35.1 Å². The number of anilines is 2. The van der Waals surface area contributed by atoms with Gasteiger partial charge in [-0.25, -0.2) is 5.26 Å². The van der Waals surface area contributed by atoms with E-state index in [1.165, 1.54) is 37.4 Å². The summed E-state index contributed by atoms with van der Waals surface area (Å²) in [4.78, 5) is -0.0460. The number of para-hydroxylation sites is 1. The molecule has 0 spiro atoms. The van der Waals surface area contributed by atoms with Gasteiger partial charge in [0.2, 0.25) is 0 Å². The number of azo groups is 2. The normalized spacial score (nSPS) is 11.7. The summed E-state index contributed by atoms with van der Waals surface area (Å²) >= 11 is 0.574. The number of nitrogens with zero attached hydrogens (tertiary/aromatic N) is 4. The zero-order valence-corrected chi connectivity index (χ0v) is 28.1. The summed E-state index contributed by atoms with van der Waals surface area (Å²) in [6.45, 7) is 0. The van der Waals surface area contributed by atoms with Crippen LogP contribution in [0.4, 0.5) is 34.1 Å². The molecule has 0 atom stereocenters. The van der Waals surface area contributed by atoms with Gasteiger partial charge in [0.15, 0.2) is 5.75 Å². The molecule has 0 saturated heterocycles. The third kappa shape index (κ3) is 8.02. The Bertz CT molecular complexity index is 2360. The molecule has 0 aromatic heterocycles. The van der Waals surface area contributed by atoms with Crippen LogP contribution < -0.4 is 10.1 Å². The first-order valence-corrected chi connectivity index (χ1v) is 16.3. The van der Waals surface area contributed by atoms with Crippen molar-refractivity contribution >= 4 is 77.8 Å². The van der Waals surface area contributed by atoms with E-state index < -0.39 is 10.1 Å². The number of hydrogen-bond acceptors (Lipinski definition) is 14. The van der Waals surface area contributed by atoms with Crippen molar-refractivity contribution in [1.82, 2.24) is 0 Å². The summed E-state index contributed by atoms with van der Waals surface area (Å²) in [5.41, 5.74) is 1.91. The molecule has 0 fully saturated rings. The van der Waals surface area contributed by atoms with Gasteiger partial charge >= 0.3 is 0 Å². The van der Waals surface area contributed by atoms with E-state index in [4.69, 9.17) is 9.99 Å². The molecule has 259 valence electrons. The van der Waals surface area contributed by atoms with Gasteiger partial charge in [-0.15, -0.1) is 19.7 Å². The maximum absolute atomic E-state index is 11.8. The van der Waals surface area contributed by atoms with Crippen LogP contribution in [-0.4, -0.2) is 35.6 Å². The van der Waals surface area contributed by atoms with E-state index in [0.717, 1.165) is 11.4 Å². The quantitative estimate of drug-likeness (QED) is 0.0210. The fourth-order valence-corrected chi connectivity index (χ4v) is 6.13. The topological polar surface area (TPSA) is 204 Å². The van der Waals surface area contributed by atoms with Crippen LogP contribution >= 0.6 is 12.0 Å². The van der Waals surface area contributed by atoms with Gasteiger partial charge in [-0.1, -0.05) is 41.4 Å². The van der Waals surface area contributed by atoms with Gasteiger partial charge < -0.3 is 20.3 Å². The first-order chi connectivity index (χ1) is 23.6. The molecular formula is C33H25CuN5O9S2. The van der Waals surface area contributed by atoms with Crippen LogP contribution in [0.25, 0.3) is 21.5 Å². The fourth-order valence-electron chi connectivity index (χ4n) is 4.93. The minimum absolute atomic E-state index is 0. The molecule has 0 heterocycles. The first-order valence-electron chi connectivity index (χ1n) is 14.2. The smallest absolute Gasteiger partial charge is 0.295 e. The van der Waals surface area contributed by atoms with Crippen LogP contribution in [0.1, 0.15) is 0 Å². The van der Waals surface area contributed by atoms with Crippen molar-refractivity contribution in [3.8, 4) is 17.2 Å². The Kier molecular flexibility index (Phi) is 11.3. The predicted octanol–water partition coefficient (Wildman–Crippen LogP) is 9.66. The van der Waals surface area contributed by atoms with Crippen molar-refractivity contribution in [1.29, 1.82) is 0 Å². The second kappa shape index (κ2) is 15.6. The van der Waals surface area contributed by atoms with Crippen molar-refractivity contribution in [2.75, 3.05) is 12.4 Å². The molecule has 17 heteroatoms. The largest absolute Gasteiger partial charge is 0.506 e. The summed E-state index contributed by atoms with van der Waals surface area (Å²) in [5.74, 6) is -0.449. The van der Waals surface area contributed by atoms with Gasteiger partial charge in [0.05, 0.1) is 29.7 Å². The van der Waals surface area contributed by atoms with Gasteiger partial charge in [0, 0.05) is 51.3 Å². The number of hydrogen-bond donors (Lipinski definition) is 5. The number of benzene rings is 6. The minimum Gasteiger partial charge on any atom is -0.506 e. The molecule has 6 rings (SSSR count). The van der Waals surface area contributed by atoms with E-state index >= 15 is 0 Å². The summed E-state index contributed by atoms with van der Waals surface area (Å²) < 4.78 is 43.4. The average molecular weight is 763 g/mol. The summed E-state index contributed by atoms with van der Waals surface area (Å²) in [6, 6.07) is 28.2. The van der Waals surface area contributed by atoms with Crippen LogP contribution in [0.5, 0.6) is 17.2 Å². The Morgan fingerprint density at radius 2 is 1.52 bits per heavy atom. The third-order valence-corrected chi connectivity index (χ3v) is 8.71. The Balaban J connectivity index is 0.00000486. The van der Waals surface area contributed by atoms with E-state index in [-0.39, 0.29) is 72.2 Å². The molecule has 1 radical (unpaired) electrons. The Morgan fingerprint density at radius 3 is 2.26 bits per heavy atom. The molecule has 0 aliphatic heterocycles. The van der Waals surface area contributed by atoms with Crippen molar-refractivity contribution in [3.63, 3.8) is 0 Å². The fraction of sp³-hybridized carbons (Fsp3) is 0.0303. The number of aromatic hydroxyl groups is 2. The van der Waals surface area contributed by atoms with Crippen LogP contribution in [0.2, 0.25) is 0 Å². The average Bonchev–Trinajstić information content (AvgIpc) is 3.09. The molecule has 0 aliphatic rings. The van der Waals surface area contributed by atoms with Crippen molar-refractivity contribution in [2.24, 2.45) is 20.5 Å². The number of nitrogens with one attached hydrogen (secondary N) is 1. The molecule has 6 aromatic rings. The second-order valence-electron chi connectivity index (χ2n) is 10.3. The molecule has 0 aliphatic carbocycles. The molecule has 14 nitrogen and oxygen atoms in total. The molecule has 5 N–H and O–H groups in total. The van der Waals surface area contributed by atoms with Crippen LogP contribution in [0.3, 0.4) is 0 Å². The number of rotatable bonds is 11. The molecule has 0 unspecified atom stereocenters. The maximum atomic E-state index is 11.8. The number of phenols is 2. The molecule has 6 aromatic carbocycles. The van der Waals surface area contributed by atoms with Crippen molar-refractivity contribution in [3.05, 3.63) is 103 Å². The predicted molar refractivity (Wildman–Crippen MR) is 183 cm³/mol. The van der Waals surface area contributed by atoms with E-state index in [1.54, 1.807) is 36.4 Å². The zero-order valence-electron chi connectivity index (χ0n) is 25.6.